The average molecular weight is 395 g/mol. The number of aryl methyl sites for hydroxylation is 1. The Morgan fingerprint density at radius 3 is 2.37 bits per heavy atom. The summed E-state index contributed by atoms with van der Waals surface area (Å²) >= 11 is 0. The normalized spacial score (nSPS) is 11.4. The standard InChI is InChI=1S/C18H21NO7S/c1-12-16(18(21)22)10-14(26-12)11-19(2)17(20)13-4-6-15(7-5-13)27(23,24)9-8-25-3/h4-7,10H,8-9,11H2,1-3H3,(H,21,22). The molecule has 1 aromatic heterocycles. The molecular formula is C18H21NO7S. The van der Waals surface area contributed by atoms with Crippen molar-refractivity contribution in [3.05, 3.63) is 53.0 Å². The number of carboxylic acid groups (broad SMARTS) is 1. The molecule has 0 fully saturated rings. The second-order valence-corrected chi connectivity index (χ2v) is 8.09. The van der Waals surface area contributed by atoms with E-state index >= 15 is 0 Å². The monoisotopic (exact) mass is 395 g/mol. The molecule has 1 aromatic carbocycles. The molecule has 146 valence electrons. The van der Waals surface area contributed by atoms with E-state index in [0.29, 0.717) is 11.3 Å². The number of methoxy groups -OCH3 is 1. The van der Waals surface area contributed by atoms with Crippen molar-refractivity contribution in [2.45, 2.75) is 18.4 Å². The fraction of sp³-hybridized carbons (Fsp3) is 0.333. The van der Waals surface area contributed by atoms with Crippen molar-refractivity contribution in [1.82, 2.24) is 4.90 Å². The summed E-state index contributed by atoms with van der Waals surface area (Å²) in [6.07, 6.45) is 0. The number of nitrogens with zero attached hydrogens (tertiary/aromatic N) is 1. The van der Waals surface area contributed by atoms with Gasteiger partial charge < -0.3 is 19.2 Å². The molecule has 1 N–H and O–H groups in total. The number of hydrogen-bond donors (Lipinski definition) is 1. The largest absolute Gasteiger partial charge is 0.478 e. The molecule has 0 saturated carbocycles. The number of hydrogen-bond acceptors (Lipinski definition) is 6. The Balaban J connectivity index is 2.10. The predicted octanol–water partition coefficient (Wildman–Crippen LogP) is 1.98. The summed E-state index contributed by atoms with van der Waals surface area (Å²) < 4.78 is 34.4. The van der Waals surface area contributed by atoms with Gasteiger partial charge in [0.15, 0.2) is 9.84 Å². The van der Waals surface area contributed by atoms with Crippen LogP contribution >= 0.6 is 0 Å². The highest BCUT2D eigenvalue weighted by Gasteiger charge is 2.19. The van der Waals surface area contributed by atoms with Gasteiger partial charge in [-0.15, -0.1) is 0 Å². The molecule has 2 rings (SSSR count). The molecular weight excluding hydrogens is 374 g/mol. The van der Waals surface area contributed by atoms with E-state index in [1.54, 1.807) is 7.05 Å². The molecule has 8 nitrogen and oxygen atoms in total. The van der Waals surface area contributed by atoms with E-state index in [9.17, 15) is 18.0 Å². The van der Waals surface area contributed by atoms with E-state index in [1.807, 2.05) is 0 Å². The molecule has 0 radical (unpaired) electrons. The number of benzene rings is 1. The minimum Gasteiger partial charge on any atom is -0.478 e. The molecule has 0 aliphatic rings. The van der Waals surface area contributed by atoms with Gasteiger partial charge in [-0.3, -0.25) is 4.79 Å². The smallest absolute Gasteiger partial charge is 0.339 e. The van der Waals surface area contributed by atoms with Crippen molar-refractivity contribution >= 4 is 21.7 Å². The molecule has 0 bridgehead atoms. The zero-order valence-corrected chi connectivity index (χ0v) is 16.1. The highest BCUT2D eigenvalue weighted by atomic mass is 32.2. The molecule has 1 heterocycles. The van der Waals surface area contributed by atoms with Gasteiger partial charge in [0.25, 0.3) is 5.91 Å². The van der Waals surface area contributed by atoms with Crippen LogP contribution in [0.2, 0.25) is 0 Å². The summed E-state index contributed by atoms with van der Waals surface area (Å²) in [5.41, 5.74) is 0.362. The van der Waals surface area contributed by atoms with Crippen LogP contribution in [0.25, 0.3) is 0 Å². The van der Waals surface area contributed by atoms with E-state index in [4.69, 9.17) is 14.3 Å². The predicted molar refractivity (Wildman–Crippen MR) is 96.6 cm³/mol. The summed E-state index contributed by atoms with van der Waals surface area (Å²) in [5, 5.41) is 9.05. The maximum Gasteiger partial charge on any atom is 0.339 e. The lowest BCUT2D eigenvalue weighted by Gasteiger charge is -2.16. The van der Waals surface area contributed by atoms with Crippen LogP contribution in [-0.2, 0) is 21.1 Å². The topological polar surface area (TPSA) is 114 Å². The van der Waals surface area contributed by atoms with Gasteiger partial charge in [-0.2, -0.15) is 0 Å². The first-order valence-electron chi connectivity index (χ1n) is 8.05. The number of aromatic carboxylic acids is 1. The van der Waals surface area contributed by atoms with Crippen LogP contribution in [0, 0.1) is 6.92 Å². The Hall–Kier alpha value is -2.65. The van der Waals surface area contributed by atoms with Crippen molar-refractivity contribution in [1.29, 1.82) is 0 Å². The van der Waals surface area contributed by atoms with Crippen molar-refractivity contribution in [3.8, 4) is 0 Å². The van der Waals surface area contributed by atoms with Crippen LogP contribution in [-0.4, -0.2) is 56.8 Å². The number of furan rings is 1. The van der Waals surface area contributed by atoms with Crippen molar-refractivity contribution in [2.24, 2.45) is 0 Å². The van der Waals surface area contributed by atoms with Gasteiger partial charge in [-0.1, -0.05) is 0 Å². The van der Waals surface area contributed by atoms with Gasteiger partial charge in [-0.25, -0.2) is 13.2 Å². The number of carbonyl (C=O) groups excluding carboxylic acids is 1. The molecule has 2 aromatic rings. The lowest BCUT2D eigenvalue weighted by atomic mass is 10.2. The Morgan fingerprint density at radius 1 is 1.22 bits per heavy atom. The first-order valence-corrected chi connectivity index (χ1v) is 9.70. The lowest BCUT2D eigenvalue weighted by molar-refractivity contribution is 0.0694. The van der Waals surface area contributed by atoms with Crippen molar-refractivity contribution in [3.63, 3.8) is 0 Å². The third kappa shape index (κ3) is 4.95. The minimum absolute atomic E-state index is 0.0523. The fourth-order valence-electron chi connectivity index (χ4n) is 2.48. The summed E-state index contributed by atoms with van der Waals surface area (Å²) in [6, 6.07) is 7.02. The van der Waals surface area contributed by atoms with Crippen LogP contribution < -0.4 is 0 Å². The molecule has 0 atom stereocenters. The summed E-state index contributed by atoms with van der Waals surface area (Å²) in [7, 11) is -0.495. The van der Waals surface area contributed by atoms with Gasteiger partial charge in [0.1, 0.15) is 17.1 Å². The van der Waals surface area contributed by atoms with Crippen LogP contribution in [0.3, 0.4) is 0 Å². The van der Waals surface area contributed by atoms with Crippen LogP contribution in [0.1, 0.15) is 32.2 Å². The van der Waals surface area contributed by atoms with Gasteiger partial charge in [0.2, 0.25) is 0 Å². The van der Waals surface area contributed by atoms with E-state index in [2.05, 4.69) is 0 Å². The third-order valence-electron chi connectivity index (χ3n) is 3.96. The van der Waals surface area contributed by atoms with Gasteiger partial charge >= 0.3 is 5.97 Å². The maximum absolute atomic E-state index is 12.5. The summed E-state index contributed by atoms with van der Waals surface area (Å²) in [5.74, 6) is -0.965. The molecule has 0 aliphatic carbocycles. The first kappa shape index (κ1) is 20.7. The molecule has 0 unspecified atom stereocenters. The fourth-order valence-corrected chi connectivity index (χ4v) is 3.65. The Bertz CT molecular complexity index is 929. The Labute approximate surface area is 157 Å². The molecule has 1 amide bonds. The number of sulfone groups is 1. The van der Waals surface area contributed by atoms with E-state index in [0.717, 1.165) is 0 Å². The quantitative estimate of drug-likeness (QED) is 0.727. The molecule has 0 spiro atoms. The Kier molecular flexibility index (Phi) is 6.40. The number of amides is 1. The van der Waals surface area contributed by atoms with Crippen molar-refractivity contribution < 1.29 is 32.3 Å². The third-order valence-corrected chi connectivity index (χ3v) is 5.65. The highest BCUT2D eigenvalue weighted by Crippen LogP contribution is 2.18. The second kappa shape index (κ2) is 8.36. The van der Waals surface area contributed by atoms with Gasteiger partial charge in [0.05, 0.1) is 23.8 Å². The van der Waals surface area contributed by atoms with E-state index in [-0.39, 0.29) is 41.0 Å². The molecule has 0 saturated heterocycles. The zero-order valence-electron chi connectivity index (χ0n) is 15.3. The molecule has 0 aliphatic heterocycles. The average Bonchev–Trinajstić information content (AvgIpc) is 3.00. The number of carboxylic acids is 1. The SMILES string of the molecule is COCCS(=O)(=O)c1ccc(C(=O)N(C)Cc2cc(C(=O)O)c(C)o2)cc1. The maximum atomic E-state index is 12.5. The second-order valence-electron chi connectivity index (χ2n) is 5.98. The number of ether oxygens (including phenoxy) is 1. The lowest BCUT2D eigenvalue weighted by Crippen LogP contribution is -2.26. The molecule has 9 heteroatoms. The first-order chi connectivity index (χ1) is 12.7. The molecule has 27 heavy (non-hydrogen) atoms. The van der Waals surface area contributed by atoms with Crippen molar-refractivity contribution in [2.75, 3.05) is 26.5 Å². The summed E-state index contributed by atoms with van der Waals surface area (Å²) in [4.78, 5) is 25.0. The zero-order chi connectivity index (χ0) is 20.2. The van der Waals surface area contributed by atoms with Gasteiger partial charge in [-0.05, 0) is 37.3 Å². The van der Waals surface area contributed by atoms with Crippen LogP contribution in [0.4, 0.5) is 0 Å². The van der Waals surface area contributed by atoms with E-state index < -0.39 is 15.8 Å². The van der Waals surface area contributed by atoms with Crippen LogP contribution in [0.15, 0.2) is 39.6 Å². The van der Waals surface area contributed by atoms with Gasteiger partial charge in [0, 0.05) is 19.7 Å². The number of rotatable bonds is 8. The highest BCUT2D eigenvalue weighted by molar-refractivity contribution is 7.91. The Morgan fingerprint density at radius 2 is 1.85 bits per heavy atom. The number of carbonyl (C=O) groups is 2. The summed E-state index contributed by atoms with van der Waals surface area (Å²) in [6.45, 7) is 1.71. The van der Waals surface area contributed by atoms with Crippen LogP contribution in [0.5, 0.6) is 0 Å². The van der Waals surface area contributed by atoms with E-state index in [1.165, 1.54) is 49.3 Å². The minimum atomic E-state index is -3.46.